The van der Waals surface area contributed by atoms with Gasteiger partial charge in [0, 0.05) is 10.5 Å². The van der Waals surface area contributed by atoms with Crippen LogP contribution >= 0.6 is 15.9 Å². The summed E-state index contributed by atoms with van der Waals surface area (Å²) in [5.41, 5.74) is 0.682. The Bertz CT molecular complexity index is 407. The Morgan fingerprint density at radius 3 is 2.92 bits per heavy atom. The van der Waals surface area contributed by atoms with Crippen molar-refractivity contribution in [1.29, 1.82) is 0 Å². The van der Waals surface area contributed by atoms with Crippen molar-refractivity contribution in [2.45, 2.75) is 0 Å². The molecule has 0 bridgehead atoms. The smallest absolute Gasteiger partial charge is 0.138 e. The predicted molar refractivity (Wildman–Crippen MR) is 54.5 cm³/mol. The zero-order valence-electron chi connectivity index (χ0n) is 6.75. The van der Waals surface area contributed by atoms with Gasteiger partial charge in [0.1, 0.15) is 17.3 Å². The summed E-state index contributed by atoms with van der Waals surface area (Å²) in [5.74, 6) is 1.27. The number of aliphatic hydroxyl groups is 1. The Morgan fingerprint density at radius 1 is 1.38 bits per heavy atom. The molecule has 1 aliphatic rings. The van der Waals surface area contributed by atoms with Crippen LogP contribution in [-0.2, 0) is 0 Å². The Kier molecular flexibility index (Phi) is 1.88. The summed E-state index contributed by atoms with van der Waals surface area (Å²) in [7, 11) is 0. The van der Waals surface area contributed by atoms with Gasteiger partial charge in [-0.05, 0) is 18.2 Å². The molecular formula is C10H7BrO2. The van der Waals surface area contributed by atoms with E-state index in [2.05, 4.69) is 22.5 Å². The maximum Gasteiger partial charge on any atom is 0.138 e. The number of halogens is 1. The standard InChI is InChI=1S/C10H7BrO2/c1-6-4-9(12)8-5-7(11)2-3-10(8)13-6/h2-5,12H,1H2. The first-order chi connectivity index (χ1) is 6.16. The van der Waals surface area contributed by atoms with Crippen molar-refractivity contribution in [2.24, 2.45) is 0 Å². The fourth-order valence-corrected chi connectivity index (χ4v) is 1.55. The molecule has 3 heteroatoms. The highest BCUT2D eigenvalue weighted by molar-refractivity contribution is 9.10. The van der Waals surface area contributed by atoms with Crippen molar-refractivity contribution >= 4 is 21.7 Å². The van der Waals surface area contributed by atoms with Crippen molar-refractivity contribution in [3.8, 4) is 5.75 Å². The highest BCUT2D eigenvalue weighted by atomic mass is 79.9. The summed E-state index contributed by atoms with van der Waals surface area (Å²) in [5, 5.41) is 9.56. The summed E-state index contributed by atoms with van der Waals surface area (Å²) >= 11 is 3.32. The lowest BCUT2D eigenvalue weighted by Gasteiger charge is -2.16. The first-order valence-electron chi connectivity index (χ1n) is 3.74. The Balaban J connectivity index is 2.60. The zero-order valence-corrected chi connectivity index (χ0v) is 8.34. The van der Waals surface area contributed by atoms with E-state index in [0.717, 1.165) is 4.47 Å². The van der Waals surface area contributed by atoms with E-state index in [0.29, 0.717) is 17.1 Å². The fourth-order valence-electron chi connectivity index (χ4n) is 1.19. The molecule has 0 saturated carbocycles. The van der Waals surface area contributed by atoms with Gasteiger partial charge in [0.25, 0.3) is 0 Å². The molecule has 13 heavy (non-hydrogen) atoms. The number of rotatable bonds is 0. The summed E-state index contributed by atoms with van der Waals surface area (Å²) in [6.45, 7) is 3.62. The number of allylic oxidation sites excluding steroid dienone is 1. The van der Waals surface area contributed by atoms with Crippen molar-refractivity contribution in [1.82, 2.24) is 0 Å². The number of ether oxygens (including phenoxy) is 1. The first-order valence-corrected chi connectivity index (χ1v) is 4.53. The van der Waals surface area contributed by atoms with Gasteiger partial charge in [-0.25, -0.2) is 0 Å². The number of hydrogen-bond acceptors (Lipinski definition) is 2. The third-order valence-corrected chi connectivity index (χ3v) is 2.25. The Morgan fingerprint density at radius 2 is 2.15 bits per heavy atom. The van der Waals surface area contributed by atoms with Gasteiger partial charge >= 0.3 is 0 Å². The second-order valence-corrected chi connectivity index (χ2v) is 3.65. The highest BCUT2D eigenvalue weighted by Crippen LogP contribution is 2.33. The van der Waals surface area contributed by atoms with Gasteiger partial charge in [-0.15, -0.1) is 0 Å². The highest BCUT2D eigenvalue weighted by Gasteiger charge is 2.14. The lowest BCUT2D eigenvalue weighted by atomic mass is 10.1. The van der Waals surface area contributed by atoms with Crippen molar-refractivity contribution in [2.75, 3.05) is 0 Å². The van der Waals surface area contributed by atoms with Crippen LogP contribution in [0.4, 0.5) is 0 Å². The van der Waals surface area contributed by atoms with Gasteiger partial charge in [0.05, 0.1) is 5.56 Å². The van der Waals surface area contributed by atoms with E-state index in [9.17, 15) is 5.11 Å². The van der Waals surface area contributed by atoms with E-state index in [-0.39, 0.29) is 5.76 Å². The molecule has 66 valence electrons. The molecule has 0 spiro atoms. The largest absolute Gasteiger partial charge is 0.507 e. The average Bonchev–Trinajstić information content (AvgIpc) is 2.06. The topological polar surface area (TPSA) is 29.5 Å². The average molecular weight is 239 g/mol. The molecule has 2 rings (SSSR count). The monoisotopic (exact) mass is 238 g/mol. The molecule has 0 atom stereocenters. The predicted octanol–water partition coefficient (Wildman–Crippen LogP) is 3.25. The van der Waals surface area contributed by atoms with Gasteiger partial charge in [0.2, 0.25) is 0 Å². The zero-order chi connectivity index (χ0) is 9.42. The van der Waals surface area contributed by atoms with E-state index in [4.69, 9.17) is 4.74 Å². The van der Waals surface area contributed by atoms with Crippen LogP contribution in [0.15, 0.2) is 41.1 Å². The second-order valence-electron chi connectivity index (χ2n) is 2.74. The number of fused-ring (bicyclic) bond motifs is 1. The second kappa shape index (κ2) is 2.92. The van der Waals surface area contributed by atoms with E-state index in [1.54, 1.807) is 12.1 Å². The van der Waals surface area contributed by atoms with Gasteiger partial charge in [-0.2, -0.15) is 0 Å². The first kappa shape index (κ1) is 8.38. The molecule has 0 aliphatic carbocycles. The van der Waals surface area contributed by atoms with Crippen LogP contribution in [0.5, 0.6) is 5.75 Å². The van der Waals surface area contributed by atoms with Crippen LogP contribution in [-0.4, -0.2) is 5.11 Å². The minimum atomic E-state index is 0.188. The minimum absolute atomic E-state index is 0.188. The molecule has 1 aromatic rings. The molecule has 0 fully saturated rings. The van der Waals surface area contributed by atoms with Gasteiger partial charge in [-0.1, -0.05) is 22.5 Å². The molecule has 0 aromatic heterocycles. The van der Waals surface area contributed by atoms with E-state index in [1.807, 2.05) is 6.07 Å². The van der Waals surface area contributed by atoms with Crippen LogP contribution in [0.2, 0.25) is 0 Å². The van der Waals surface area contributed by atoms with Crippen LogP contribution in [0, 0.1) is 0 Å². The van der Waals surface area contributed by atoms with E-state index < -0.39 is 0 Å². The molecule has 1 heterocycles. The fraction of sp³-hybridized carbons (Fsp3) is 0. The lowest BCUT2D eigenvalue weighted by Crippen LogP contribution is -2.01. The quantitative estimate of drug-likeness (QED) is 0.752. The number of hydrogen-bond donors (Lipinski definition) is 1. The Hall–Kier alpha value is -1.22. The van der Waals surface area contributed by atoms with Crippen LogP contribution in [0.1, 0.15) is 5.56 Å². The van der Waals surface area contributed by atoms with Gasteiger partial charge in [-0.3, -0.25) is 0 Å². The van der Waals surface area contributed by atoms with Crippen molar-refractivity contribution < 1.29 is 9.84 Å². The molecule has 2 nitrogen and oxygen atoms in total. The number of benzene rings is 1. The van der Waals surface area contributed by atoms with Crippen LogP contribution in [0.25, 0.3) is 5.76 Å². The minimum Gasteiger partial charge on any atom is -0.507 e. The molecular weight excluding hydrogens is 232 g/mol. The van der Waals surface area contributed by atoms with Crippen LogP contribution < -0.4 is 4.74 Å². The SMILES string of the molecule is C=C1C=C(O)c2cc(Br)ccc2O1. The van der Waals surface area contributed by atoms with Crippen LogP contribution in [0.3, 0.4) is 0 Å². The molecule has 0 saturated heterocycles. The summed E-state index contributed by atoms with van der Waals surface area (Å²) in [4.78, 5) is 0. The summed E-state index contributed by atoms with van der Waals surface area (Å²) < 4.78 is 6.21. The lowest BCUT2D eigenvalue weighted by molar-refractivity contribution is 0.420. The maximum absolute atomic E-state index is 9.56. The molecule has 0 radical (unpaired) electrons. The third-order valence-electron chi connectivity index (χ3n) is 1.76. The molecule has 0 unspecified atom stereocenters. The molecule has 0 amide bonds. The number of aliphatic hydroxyl groups excluding tert-OH is 1. The van der Waals surface area contributed by atoms with Crippen molar-refractivity contribution in [3.63, 3.8) is 0 Å². The van der Waals surface area contributed by atoms with Gasteiger partial charge < -0.3 is 9.84 Å². The molecule has 1 aromatic carbocycles. The van der Waals surface area contributed by atoms with Crippen molar-refractivity contribution in [3.05, 3.63) is 46.6 Å². The summed E-state index contributed by atoms with van der Waals surface area (Å²) in [6.07, 6.45) is 1.49. The van der Waals surface area contributed by atoms with E-state index in [1.165, 1.54) is 6.08 Å². The Labute approximate surface area is 84.3 Å². The maximum atomic E-state index is 9.56. The van der Waals surface area contributed by atoms with Gasteiger partial charge in [0.15, 0.2) is 0 Å². The molecule has 1 N–H and O–H groups in total. The summed E-state index contributed by atoms with van der Waals surface area (Å²) in [6, 6.07) is 5.44. The van der Waals surface area contributed by atoms with E-state index >= 15 is 0 Å². The third kappa shape index (κ3) is 1.47. The molecule has 1 aliphatic heterocycles. The normalized spacial score (nSPS) is 14.5.